The number of Topliss-reactive ketones (excluding diaryl/α,β-unsaturated/α-hetero) is 1. The quantitative estimate of drug-likeness (QED) is 0.539. The fourth-order valence-electron chi connectivity index (χ4n) is 4.59. The molecule has 2 atom stereocenters. The fraction of sp³-hybridized carbons (Fsp3) is 0.308. The molecule has 2 aromatic carbocycles. The summed E-state index contributed by atoms with van der Waals surface area (Å²) in [6.07, 6.45) is 0.917. The Morgan fingerprint density at radius 2 is 1.78 bits per heavy atom. The van der Waals surface area contributed by atoms with Crippen LogP contribution in [-0.4, -0.2) is 32.1 Å². The molecular weight excluding hydrogens is 409 g/mol. The third-order valence-electron chi connectivity index (χ3n) is 6.06. The van der Waals surface area contributed by atoms with Crippen molar-refractivity contribution in [2.24, 2.45) is 0 Å². The molecule has 1 heterocycles. The average molecular weight is 435 g/mol. The first-order chi connectivity index (χ1) is 15.5. The van der Waals surface area contributed by atoms with E-state index in [4.69, 9.17) is 9.47 Å². The molecule has 2 aromatic rings. The van der Waals surface area contributed by atoms with Crippen LogP contribution in [0.5, 0.6) is 0 Å². The highest BCUT2D eigenvalue weighted by Crippen LogP contribution is 2.46. The van der Waals surface area contributed by atoms with Gasteiger partial charge in [-0.15, -0.1) is 0 Å². The second-order valence-electron chi connectivity index (χ2n) is 8.08. The highest BCUT2D eigenvalue weighted by atomic mass is 19.1. The zero-order chi connectivity index (χ0) is 22.7. The van der Waals surface area contributed by atoms with E-state index < -0.39 is 17.7 Å². The van der Waals surface area contributed by atoms with Crippen molar-refractivity contribution in [3.8, 4) is 0 Å². The number of hydrogen-bond donors (Lipinski definition) is 1. The lowest BCUT2D eigenvalue weighted by atomic mass is 9.71. The molecule has 0 saturated carbocycles. The van der Waals surface area contributed by atoms with E-state index in [0.29, 0.717) is 29.7 Å². The predicted octanol–water partition coefficient (Wildman–Crippen LogP) is 4.38. The van der Waals surface area contributed by atoms with E-state index in [2.05, 4.69) is 5.32 Å². The van der Waals surface area contributed by atoms with Crippen molar-refractivity contribution in [3.63, 3.8) is 0 Å². The molecule has 0 aromatic heterocycles. The first-order valence-electron chi connectivity index (χ1n) is 10.7. The van der Waals surface area contributed by atoms with Crippen molar-refractivity contribution in [3.05, 3.63) is 94.1 Å². The molecule has 0 spiro atoms. The smallest absolute Gasteiger partial charge is 0.336 e. The summed E-state index contributed by atoms with van der Waals surface area (Å²) in [5.41, 5.74) is 3.41. The van der Waals surface area contributed by atoms with Gasteiger partial charge in [0.2, 0.25) is 0 Å². The van der Waals surface area contributed by atoms with Crippen LogP contribution in [0.2, 0.25) is 0 Å². The second-order valence-corrected chi connectivity index (χ2v) is 8.08. The van der Waals surface area contributed by atoms with Crippen LogP contribution in [0.1, 0.15) is 42.7 Å². The third-order valence-corrected chi connectivity index (χ3v) is 6.06. The van der Waals surface area contributed by atoms with Crippen LogP contribution in [-0.2, 0) is 19.1 Å². The molecule has 4 rings (SSSR count). The molecule has 2 unspecified atom stereocenters. The molecule has 1 aliphatic heterocycles. The largest absolute Gasteiger partial charge is 0.460 e. The van der Waals surface area contributed by atoms with Crippen LogP contribution in [0.25, 0.3) is 0 Å². The maximum atomic E-state index is 14.9. The Kier molecular flexibility index (Phi) is 6.51. The molecule has 0 fully saturated rings. The number of esters is 1. The van der Waals surface area contributed by atoms with Gasteiger partial charge in [-0.05, 0) is 30.9 Å². The van der Waals surface area contributed by atoms with Gasteiger partial charge in [-0.1, -0.05) is 48.5 Å². The van der Waals surface area contributed by atoms with E-state index in [-0.39, 0.29) is 30.5 Å². The van der Waals surface area contributed by atoms with E-state index in [9.17, 15) is 14.0 Å². The number of ether oxygens (including phenoxy) is 2. The number of ketones is 1. The van der Waals surface area contributed by atoms with Gasteiger partial charge in [0.05, 0.1) is 18.1 Å². The average Bonchev–Trinajstić information content (AvgIpc) is 2.79. The Hall–Kier alpha value is -3.25. The van der Waals surface area contributed by atoms with Gasteiger partial charge in [0.15, 0.2) is 5.78 Å². The van der Waals surface area contributed by atoms with Gasteiger partial charge in [0.25, 0.3) is 0 Å². The summed E-state index contributed by atoms with van der Waals surface area (Å²) in [6, 6.07) is 16.2. The van der Waals surface area contributed by atoms with Crippen molar-refractivity contribution in [2.45, 2.75) is 31.6 Å². The number of carbonyl (C=O) groups is 2. The number of dihydropyridines is 1. The van der Waals surface area contributed by atoms with Gasteiger partial charge >= 0.3 is 5.97 Å². The standard InChI is InChI=1S/C26H26FNO4/c1-16-23(26(30)32-13-12-31-2)24(19-10-6-7-11-20(19)27)25-21(28-16)14-18(15-22(25)29)17-8-4-3-5-9-17/h3-11,18,24,28H,12-15H2,1-2H3. The van der Waals surface area contributed by atoms with Crippen LogP contribution in [0.15, 0.2) is 77.1 Å². The van der Waals surface area contributed by atoms with Crippen LogP contribution >= 0.6 is 0 Å². The number of halogens is 1. The Labute approximate surface area is 186 Å². The molecule has 0 saturated heterocycles. The zero-order valence-corrected chi connectivity index (χ0v) is 18.2. The van der Waals surface area contributed by atoms with Gasteiger partial charge in [-0.2, -0.15) is 0 Å². The van der Waals surface area contributed by atoms with Gasteiger partial charge in [0.1, 0.15) is 12.4 Å². The minimum atomic E-state index is -0.813. The number of rotatable bonds is 6. The van der Waals surface area contributed by atoms with Gasteiger partial charge in [-0.3, -0.25) is 4.79 Å². The molecule has 166 valence electrons. The molecule has 0 amide bonds. The van der Waals surface area contributed by atoms with Crippen LogP contribution in [0.3, 0.4) is 0 Å². The highest BCUT2D eigenvalue weighted by molar-refractivity contribution is 6.04. The summed E-state index contributed by atoms with van der Waals surface area (Å²) < 4.78 is 25.3. The normalized spacial score (nSPS) is 20.7. The lowest BCUT2D eigenvalue weighted by Gasteiger charge is -2.36. The Morgan fingerprint density at radius 1 is 1.06 bits per heavy atom. The van der Waals surface area contributed by atoms with Crippen LogP contribution < -0.4 is 5.32 Å². The van der Waals surface area contributed by atoms with Crippen molar-refractivity contribution >= 4 is 11.8 Å². The maximum absolute atomic E-state index is 14.9. The SMILES string of the molecule is COCCOC(=O)C1=C(C)NC2=C(C(=O)CC(c3ccccc3)C2)C1c1ccccc1F. The van der Waals surface area contributed by atoms with E-state index in [1.54, 1.807) is 25.1 Å². The monoisotopic (exact) mass is 435 g/mol. The molecule has 1 aliphatic carbocycles. The Balaban J connectivity index is 1.77. The van der Waals surface area contributed by atoms with Crippen molar-refractivity contribution in [2.75, 3.05) is 20.3 Å². The topological polar surface area (TPSA) is 64.6 Å². The molecule has 1 N–H and O–H groups in total. The van der Waals surface area contributed by atoms with Crippen LogP contribution in [0.4, 0.5) is 4.39 Å². The van der Waals surface area contributed by atoms with E-state index in [1.165, 1.54) is 13.2 Å². The zero-order valence-electron chi connectivity index (χ0n) is 18.2. The summed E-state index contributed by atoms with van der Waals surface area (Å²) in [7, 11) is 1.52. The van der Waals surface area contributed by atoms with Gasteiger partial charge < -0.3 is 14.8 Å². The van der Waals surface area contributed by atoms with Gasteiger partial charge in [-0.25, -0.2) is 9.18 Å². The van der Waals surface area contributed by atoms with Crippen molar-refractivity contribution in [1.29, 1.82) is 0 Å². The highest BCUT2D eigenvalue weighted by Gasteiger charge is 2.42. The summed E-state index contributed by atoms with van der Waals surface area (Å²) in [5.74, 6) is -1.91. The first-order valence-corrected chi connectivity index (χ1v) is 10.7. The van der Waals surface area contributed by atoms with E-state index in [1.807, 2.05) is 30.3 Å². The summed E-state index contributed by atoms with van der Waals surface area (Å²) in [6.45, 7) is 2.09. The van der Waals surface area contributed by atoms with Crippen LogP contribution in [0, 0.1) is 5.82 Å². The number of methoxy groups -OCH3 is 1. The minimum Gasteiger partial charge on any atom is -0.460 e. The Bertz CT molecular complexity index is 1090. The summed E-state index contributed by atoms with van der Waals surface area (Å²) >= 11 is 0. The summed E-state index contributed by atoms with van der Waals surface area (Å²) in [4.78, 5) is 26.4. The number of hydrogen-bond acceptors (Lipinski definition) is 5. The predicted molar refractivity (Wildman–Crippen MR) is 118 cm³/mol. The summed E-state index contributed by atoms with van der Waals surface area (Å²) in [5, 5.41) is 3.27. The first kappa shape index (κ1) is 22.0. The Morgan fingerprint density at radius 3 is 2.50 bits per heavy atom. The molecule has 0 bridgehead atoms. The molecule has 5 nitrogen and oxygen atoms in total. The second kappa shape index (κ2) is 9.49. The van der Waals surface area contributed by atoms with Gasteiger partial charge in [0, 0.05) is 36.1 Å². The molecule has 32 heavy (non-hydrogen) atoms. The van der Waals surface area contributed by atoms with Crippen molar-refractivity contribution in [1.82, 2.24) is 5.32 Å². The van der Waals surface area contributed by atoms with Crippen molar-refractivity contribution < 1.29 is 23.5 Å². The van der Waals surface area contributed by atoms with E-state index >= 15 is 0 Å². The lowest BCUT2D eigenvalue weighted by Crippen LogP contribution is -2.36. The molecule has 2 aliphatic rings. The number of nitrogens with one attached hydrogen (secondary N) is 1. The number of carbonyl (C=O) groups excluding carboxylic acids is 2. The number of benzene rings is 2. The lowest BCUT2D eigenvalue weighted by molar-refractivity contribution is -0.140. The molecule has 0 radical (unpaired) electrons. The third kappa shape index (κ3) is 4.23. The van der Waals surface area contributed by atoms with E-state index in [0.717, 1.165) is 11.3 Å². The number of allylic oxidation sites excluding steroid dienone is 3. The molecular formula is C26H26FNO4. The maximum Gasteiger partial charge on any atom is 0.336 e. The fourth-order valence-corrected chi connectivity index (χ4v) is 4.59. The molecule has 6 heteroatoms. The minimum absolute atomic E-state index is 0.0271.